The molecule has 1 aromatic rings. The van der Waals surface area contributed by atoms with Crippen molar-refractivity contribution in [1.82, 2.24) is 10.3 Å². The van der Waals surface area contributed by atoms with E-state index in [1.54, 1.807) is 6.20 Å². The molecule has 4 nitrogen and oxygen atoms in total. The summed E-state index contributed by atoms with van der Waals surface area (Å²) in [5.41, 5.74) is 0.830. The van der Waals surface area contributed by atoms with Crippen LogP contribution in [0.2, 0.25) is 0 Å². The number of nitrogens with zero attached hydrogens (tertiary/aromatic N) is 1. The lowest BCUT2D eigenvalue weighted by Crippen LogP contribution is -2.39. The molecule has 16 heavy (non-hydrogen) atoms. The fraction of sp³-hybridized carbons (Fsp3) is 0.500. The number of ketones is 1. The fourth-order valence-electron chi connectivity index (χ4n) is 1.78. The van der Waals surface area contributed by atoms with Crippen LogP contribution in [0.3, 0.4) is 0 Å². The summed E-state index contributed by atoms with van der Waals surface area (Å²) >= 11 is 0. The van der Waals surface area contributed by atoms with Crippen molar-refractivity contribution in [1.29, 1.82) is 0 Å². The van der Waals surface area contributed by atoms with E-state index in [2.05, 4.69) is 10.3 Å². The summed E-state index contributed by atoms with van der Waals surface area (Å²) in [6, 6.07) is 5.62. The molecular formula is C12H16N2O2. The molecule has 2 rings (SSSR count). The molecule has 1 aromatic heterocycles. The summed E-state index contributed by atoms with van der Waals surface area (Å²) < 4.78 is 5.48. The monoisotopic (exact) mass is 220 g/mol. The van der Waals surface area contributed by atoms with Gasteiger partial charge in [0.15, 0.2) is 0 Å². The Balaban J connectivity index is 1.80. The molecule has 1 atom stereocenters. The zero-order valence-corrected chi connectivity index (χ0v) is 9.19. The third kappa shape index (κ3) is 3.40. The number of hydrogen-bond acceptors (Lipinski definition) is 4. The molecule has 0 saturated carbocycles. The third-order valence-electron chi connectivity index (χ3n) is 2.56. The van der Waals surface area contributed by atoms with Crippen LogP contribution in [0.15, 0.2) is 24.4 Å². The van der Waals surface area contributed by atoms with Crippen molar-refractivity contribution in [2.24, 2.45) is 0 Å². The molecular weight excluding hydrogens is 204 g/mol. The molecule has 1 aliphatic rings. The Hall–Kier alpha value is -1.26. The van der Waals surface area contributed by atoms with Gasteiger partial charge in [-0.15, -0.1) is 0 Å². The van der Waals surface area contributed by atoms with E-state index in [1.165, 1.54) is 0 Å². The highest BCUT2D eigenvalue weighted by atomic mass is 16.5. The van der Waals surface area contributed by atoms with E-state index < -0.39 is 0 Å². The minimum atomic E-state index is 0.0324. The molecule has 2 heterocycles. The van der Waals surface area contributed by atoms with Gasteiger partial charge in [-0.05, 0) is 12.1 Å². The maximum absolute atomic E-state index is 11.7. The number of carbonyl (C=O) groups is 1. The molecule has 1 unspecified atom stereocenters. The minimum absolute atomic E-state index is 0.0324. The Labute approximate surface area is 95.0 Å². The van der Waals surface area contributed by atoms with Crippen LogP contribution in [0.5, 0.6) is 0 Å². The van der Waals surface area contributed by atoms with Gasteiger partial charge in [0.2, 0.25) is 0 Å². The van der Waals surface area contributed by atoms with Crippen molar-refractivity contribution in [2.45, 2.75) is 18.9 Å². The van der Waals surface area contributed by atoms with Crippen LogP contribution in [-0.4, -0.2) is 36.6 Å². The van der Waals surface area contributed by atoms with Crippen LogP contribution in [0.25, 0.3) is 0 Å². The van der Waals surface area contributed by atoms with Crippen LogP contribution in [0.4, 0.5) is 0 Å². The van der Waals surface area contributed by atoms with Crippen molar-refractivity contribution in [3.05, 3.63) is 30.1 Å². The quantitative estimate of drug-likeness (QED) is 0.806. The SMILES string of the molecule is O=C(Cc1ccccn1)CC1CNCCO1. The van der Waals surface area contributed by atoms with Crippen LogP contribution < -0.4 is 5.32 Å². The Bertz CT molecular complexity index is 334. The molecule has 0 amide bonds. The molecule has 0 bridgehead atoms. The second-order valence-corrected chi connectivity index (χ2v) is 3.94. The highest BCUT2D eigenvalue weighted by Crippen LogP contribution is 2.05. The van der Waals surface area contributed by atoms with Crippen molar-refractivity contribution < 1.29 is 9.53 Å². The maximum Gasteiger partial charge on any atom is 0.141 e. The highest BCUT2D eigenvalue weighted by Gasteiger charge is 2.17. The summed E-state index contributed by atoms with van der Waals surface area (Å²) in [5.74, 6) is 0.187. The summed E-state index contributed by atoms with van der Waals surface area (Å²) in [6.07, 6.45) is 2.62. The predicted molar refractivity (Wildman–Crippen MR) is 60.2 cm³/mol. The molecule has 1 fully saturated rings. The Kier molecular flexibility index (Phi) is 4.02. The average molecular weight is 220 g/mol. The summed E-state index contributed by atoms with van der Waals surface area (Å²) in [4.78, 5) is 15.9. The first-order valence-electron chi connectivity index (χ1n) is 5.58. The zero-order valence-electron chi connectivity index (χ0n) is 9.19. The minimum Gasteiger partial charge on any atom is -0.375 e. The van der Waals surface area contributed by atoms with Gasteiger partial charge >= 0.3 is 0 Å². The van der Waals surface area contributed by atoms with E-state index in [1.807, 2.05) is 18.2 Å². The van der Waals surface area contributed by atoms with E-state index >= 15 is 0 Å². The number of nitrogens with one attached hydrogen (secondary N) is 1. The summed E-state index contributed by atoms with van der Waals surface area (Å²) in [5, 5.41) is 3.21. The van der Waals surface area contributed by atoms with Gasteiger partial charge in [0, 0.05) is 37.8 Å². The van der Waals surface area contributed by atoms with E-state index in [9.17, 15) is 4.79 Å². The van der Waals surface area contributed by atoms with Crippen molar-refractivity contribution in [3.8, 4) is 0 Å². The van der Waals surface area contributed by atoms with E-state index in [0.717, 1.165) is 18.8 Å². The summed E-state index contributed by atoms with van der Waals surface area (Å²) in [6.45, 7) is 2.35. The van der Waals surface area contributed by atoms with Crippen LogP contribution >= 0.6 is 0 Å². The van der Waals surface area contributed by atoms with Gasteiger partial charge in [-0.2, -0.15) is 0 Å². The third-order valence-corrected chi connectivity index (χ3v) is 2.56. The lowest BCUT2D eigenvalue weighted by Gasteiger charge is -2.22. The Morgan fingerprint density at radius 2 is 2.50 bits per heavy atom. The summed E-state index contributed by atoms with van der Waals surface area (Å²) in [7, 11) is 0. The van der Waals surface area contributed by atoms with Gasteiger partial charge in [-0.3, -0.25) is 9.78 Å². The van der Waals surface area contributed by atoms with Gasteiger partial charge < -0.3 is 10.1 Å². The number of ether oxygens (including phenoxy) is 1. The van der Waals surface area contributed by atoms with Crippen LogP contribution in [0.1, 0.15) is 12.1 Å². The smallest absolute Gasteiger partial charge is 0.141 e. The van der Waals surface area contributed by atoms with Crippen LogP contribution in [0, 0.1) is 0 Å². The van der Waals surface area contributed by atoms with E-state index in [-0.39, 0.29) is 11.9 Å². The normalized spacial score (nSPS) is 20.6. The predicted octanol–water partition coefficient (Wildman–Crippen LogP) is 0.572. The fourth-order valence-corrected chi connectivity index (χ4v) is 1.78. The molecule has 0 radical (unpaired) electrons. The van der Waals surface area contributed by atoms with E-state index in [0.29, 0.717) is 19.4 Å². The Morgan fingerprint density at radius 1 is 1.56 bits per heavy atom. The molecule has 86 valence electrons. The second-order valence-electron chi connectivity index (χ2n) is 3.94. The number of morpholine rings is 1. The van der Waals surface area contributed by atoms with Gasteiger partial charge in [0.1, 0.15) is 5.78 Å². The van der Waals surface area contributed by atoms with Crippen LogP contribution in [-0.2, 0) is 16.0 Å². The standard InChI is InChI=1S/C12H16N2O2/c15-11(7-10-3-1-2-4-14-10)8-12-9-13-5-6-16-12/h1-4,12-13H,5-9H2. The number of hydrogen-bond donors (Lipinski definition) is 1. The van der Waals surface area contributed by atoms with Crippen molar-refractivity contribution in [2.75, 3.05) is 19.7 Å². The average Bonchev–Trinajstić information content (AvgIpc) is 2.31. The van der Waals surface area contributed by atoms with E-state index in [4.69, 9.17) is 4.74 Å². The first-order valence-corrected chi connectivity index (χ1v) is 5.58. The molecule has 4 heteroatoms. The molecule has 0 aliphatic carbocycles. The maximum atomic E-state index is 11.7. The highest BCUT2D eigenvalue weighted by molar-refractivity contribution is 5.80. The number of carbonyl (C=O) groups excluding carboxylic acids is 1. The van der Waals surface area contributed by atoms with Crippen molar-refractivity contribution >= 4 is 5.78 Å². The molecule has 1 aliphatic heterocycles. The Morgan fingerprint density at radius 3 is 3.19 bits per heavy atom. The molecule has 1 saturated heterocycles. The number of rotatable bonds is 4. The topological polar surface area (TPSA) is 51.2 Å². The first kappa shape index (κ1) is 11.2. The van der Waals surface area contributed by atoms with Gasteiger partial charge in [0.05, 0.1) is 12.7 Å². The number of aromatic nitrogens is 1. The molecule has 0 spiro atoms. The zero-order chi connectivity index (χ0) is 11.2. The van der Waals surface area contributed by atoms with Gasteiger partial charge in [-0.25, -0.2) is 0 Å². The van der Waals surface area contributed by atoms with Crippen molar-refractivity contribution in [3.63, 3.8) is 0 Å². The second kappa shape index (κ2) is 5.72. The van der Waals surface area contributed by atoms with Gasteiger partial charge in [-0.1, -0.05) is 6.07 Å². The lowest BCUT2D eigenvalue weighted by molar-refractivity contribution is -0.121. The van der Waals surface area contributed by atoms with Gasteiger partial charge in [0.25, 0.3) is 0 Å². The number of Topliss-reactive ketones (excluding diaryl/α,β-unsaturated/α-hetero) is 1. The number of pyridine rings is 1. The molecule has 0 aromatic carbocycles. The lowest BCUT2D eigenvalue weighted by atomic mass is 10.1. The largest absolute Gasteiger partial charge is 0.375 e. The molecule has 1 N–H and O–H groups in total. The first-order chi connectivity index (χ1) is 7.84.